The second-order valence-corrected chi connectivity index (χ2v) is 5.58. The van der Waals surface area contributed by atoms with Gasteiger partial charge in [0.15, 0.2) is 0 Å². The summed E-state index contributed by atoms with van der Waals surface area (Å²) in [5, 5.41) is 15.7. The second kappa shape index (κ2) is 6.64. The summed E-state index contributed by atoms with van der Waals surface area (Å²) in [6.07, 6.45) is 0. The monoisotopic (exact) mass is 341 g/mol. The van der Waals surface area contributed by atoms with Gasteiger partial charge in [-0.25, -0.2) is 4.68 Å². The molecule has 2 aromatic carbocycles. The van der Waals surface area contributed by atoms with Gasteiger partial charge in [-0.1, -0.05) is 23.7 Å². The minimum absolute atomic E-state index is 0.00763. The third-order valence-corrected chi connectivity index (χ3v) is 3.74. The Morgan fingerprint density at radius 3 is 2.29 bits per heavy atom. The Hall–Kier alpha value is -2.99. The van der Waals surface area contributed by atoms with Crippen molar-refractivity contribution in [2.45, 2.75) is 6.54 Å². The van der Waals surface area contributed by atoms with Gasteiger partial charge in [-0.05, 0) is 35.9 Å². The van der Waals surface area contributed by atoms with Crippen molar-refractivity contribution in [3.63, 3.8) is 0 Å². The van der Waals surface area contributed by atoms with Gasteiger partial charge < -0.3 is 0 Å². The van der Waals surface area contributed by atoms with Crippen LogP contribution in [0.1, 0.15) is 5.56 Å². The Balaban J connectivity index is 1.92. The first kappa shape index (κ1) is 15.9. The van der Waals surface area contributed by atoms with Crippen LogP contribution in [0.4, 0.5) is 5.69 Å². The lowest BCUT2D eigenvalue weighted by atomic mass is 10.1. The van der Waals surface area contributed by atoms with Gasteiger partial charge in [0.1, 0.15) is 0 Å². The number of hydrogen-bond donors (Lipinski definition) is 0. The minimum Gasteiger partial charge on any atom is -0.268 e. The summed E-state index contributed by atoms with van der Waals surface area (Å²) >= 11 is 5.85. The number of halogens is 1. The molecule has 0 saturated heterocycles. The number of nitrogens with zero attached hydrogens (tertiary/aromatic N) is 3. The van der Waals surface area contributed by atoms with Crippen LogP contribution in [0.2, 0.25) is 5.02 Å². The number of nitro benzene ring substituents is 1. The van der Waals surface area contributed by atoms with Crippen LogP contribution in [0.5, 0.6) is 0 Å². The third-order valence-electron chi connectivity index (χ3n) is 3.49. The molecule has 0 fully saturated rings. The SMILES string of the molecule is O=c1ccc(-c2ccc([N+](=O)[O-])cc2)nn1Cc1ccc(Cl)cc1. The molecule has 24 heavy (non-hydrogen) atoms. The molecule has 6 nitrogen and oxygen atoms in total. The highest BCUT2D eigenvalue weighted by Crippen LogP contribution is 2.20. The molecule has 0 radical (unpaired) electrons. The second-order valence-electron chi connectivity index (χ2n) is 5.14. The molecule has 0 aliphatic rings. The van der Waals surface area contributed by atoms with E-state index < -0.39 is 4.92 Å². The van der Waals surface area contributed by atoms with Gasteiger partial charge in [0, 0.05) is 28.8 Å². The highest BCUT2D eigenvalue weighted by molar-refractivity contribution is 6.30. The molecule has 1 aromatic heterocycles. The van der Waals surface area contributed by atoms with Crippen LogP contribution in [0.3, 0.4) is 0 Å². The average molecular weight is 342 g/mol. The lowest BCUT2D eigenvalue weighted by molar-refractivity contribution is -0.384. The number of non-ortho nitro benzene ring substituents is 1. The molecule has 1 heterocycles. The zero-order valence-electron chi connectivity index (χ0n) is 12.4. The van der Waals surface area contributed by atoms with E-state index in [4.69, 9.17) is 11.6 Å². The lowest BCUT2D eigenvalue weighted by Gasteiger charge is -2.07. The number of benzene rings is 2. The van der Waals surface area contributed by atoms with Crippen LogP contribution in [-0.2, 0) is 6.54 Å². The van der Waals surface area contributed by atoms with Crippen molar-refractivity contribution in [1.29, 1.82) is 0 Å². The molecule has 0 spiro atoms. The van der Waals surface area contributed by atoms with Gasteiger partial charge in [0.25, 0.3) is 11.2 Å². The van der Waals surface area contributed by atoms with E-state index in [-0.39, 0.29) is 11.2 Å². The van der Waals surface area contributed by atoms with Crippen LogP contribution < -0.4 is 5.56 Å². The molecule has 0 amide bonds. The van der Waals surface area contributed by atoms with Crippen molar-refractivity contribution in [3.8, 4) is 11.3 Å². The van der Waals surface area contributed by atoms with Crippen LogP contribution in [0, 0.1) is 10.1 Å². The Kier molecular flexibility index (Phi) is 4.39. The van der Waals surface area contributed by atoms with E-state index in [1.807, 2.05) is 12.1 Å². The standard InChI is InChI=1S/C17H12ClN3O3/c18-14-5-1-12(2-6-14)11-20-17(22)10-9-16(19-20)13-3-7-15(8-4-13)21(23)24/h1-10H,11H2. The number of hydrogen-bond acceptors (Lipinski definition) is 4. The van der Waals surface area contributed by atoms with E-state index in [1.54, 1.807) is 30.3 Å². The molecular weight excluding hydrogens is 330 g/mol. The summed E-state index contributed by atoms with van der Waals surface area (Å²) < 4.78 is 1.35. The maximum absolute atomic E-state index is 12.0. The van der Waals surface area contributed by atoms with Gasteiger partial charge >= 0.3 is 0 Å². The van der Waals surface area contributed by atoms with Crippen LogP contribution >= 0.6 is 11.6 Å². The number of nitro groups is 1. The van der Waals surface area contributed by atoms with Crippen molar-refractivity contribution >= 4 is 17.3 Å². The molecule has 3 aromatic rings. The average Bonchev–Trinajstić information content (AvgIpc) is 2.59. The Morgan fingerprint density at radius 2 is 1.67 bits per heavy atom. The molecule has 120 valence electrons. The third kappa shape index (κ3) is 3.49. The van der Waals surface area contributed by atoms with Crippen LogP contribution in [0.25, 0.3) is 11.3 Å². The molecular formula is C17H12ClN3O3. The molecule has 0 bridgehead atoms. The molecule has 0 N–H and O–H groups in total. The molecule has 0 aliphatic heterocycles. The summed E-state index contributed by atoms with van der Waals surface area (Å²) in [5.74, 6) is 0. The van der Waals surface area contributed by atoms with Crippen LogP contribution in [-0.4, -0.2) is 14.7 Å². The maximum atomic E-state index is 12.0. The molecule has 0 saturated carbocycles. The Bertz CT molecular complexity index is 935. The van der Waals surface area contributed by atoms with Gasteiger partial charge in [0.05, 0.1) is 17.2 Å². The first-order valence-corrected chi connectivity index (χ1v) is 7.48. The lowest BCUT2D eigenvalue weighted by Crippen LogP contribution is -2.22. The summed E-state index contributed by atoms with van der Waals surface area (Å²) in [6.45, 7) is 0.316. The zero-order valence-corrected chi connectivity index (χ0v) is 13.2. The normalized spacial score (nSPS) is 10.5. The molecule has 0 atom stereocenters. The Morgan fingerprint density at radius 1 is 1.00 bits per heavy atom. The zero-order chi connectivity index (χ0) is 17.1. The highest BCUT2D eigenvalue weighted by atomic mass is 35.5. The summed E-state index contributed by atoms with van der Waals surface area (Å²) in [5.41, 5.74) is 1.95. The summed E-state index contributed by atoms with van der Waals surface area (Å²) in [4.78, 5) is 22.3. The van der Waals surface area contributed by atoms with Gasteiger partial charge in [-0.2, -0.15) is 5.10 Å². The van der Waals surface area contributed by atoms with Gasteiger partial charge in [-0.3, -0.25) is 14.9 Å². The van der Waals surface area contributed by atoms with Crippen molar-refractivity contribution in [2.24, 2.45) is 0 Å². The maximum Gasteiger partial charge on any atom is 0.269 e. The van der Waals surface area contributed by atoms with E-state index in [9.17, 15) is 14.9 Å². The molecule has 0 unspecified atom stereocenters. The van der Waals surface area contributed by atoms with Crippen molar-refractivity contribution in [3.05, 3.63) is 91.7 Å². The fourth-order valence-electron chi connectivity index (χ4n) is 2.23. The molecule has 7 heteroatoms. The van der Waals surface area contributed by atoms with E-state index in [1.165, 1.54) is 22.9 Å². The van der Waals surface area contributed by atoms with E-state index in [2.05, 4.69) is 5.10 Å². The smallest absolute Gasteiger partial charge is 0.268 e. The van der Waals surface area contributed by atoms with E-state index in [0.717, 1.165) is 5.56 Å². The molecule has 3 rings (SSSR count). The van der Waals surface area contributed by atoms with E-state index in [0.29, 0.717) is 22.8 Å². The topological polar surface area (TPSA) is 78.0 Å². The molecule has 0 aliphatic carbocycles. The largest absolute Gasteiger partial charge is 0.269 e. The number of rotatable bonds is 4. The van der Waals surface area contributed by atoms with Crippen molar-refractivity contribution < 1.29 is 4.92 Å². The van der Waals surface area contributed by atoms with Crippen molar-refractivity contribution in [1.82, 2.24) is 9.78 Å². The summed E-state index contributed by atoms with van der Waals surface area (Å²) in [7, 11) is 0. The van der Waals surface area contributed by atoms with Crippen LogP contribution in [0.15, 0.2) is 65.5 Å². The minimum atomic E-state index is -0.460. The quantitative estimate of drug-likeness (QED) is 0.537. The fraction of sp³-hybridized carbons (Fsp3) is 0.0588. The Labute approximate surface area is 142 Å². The summed E-state index contributed by atoms with van der Waals surface area (Å²) in [6, 6.07) is 16.2. The highest BCUT2D eigenvalue weighted by Gasteiger charge is 2.08. The predicted octanol–water partition coefficient (Wildman–Crippen LogP) is 3.52. The van der Waals surface area contributed by atoms with Crippen molar-refractivity contribution in [2.75, 3.05) is 0 Å². The van der Waals surface area contributed by atoms with Gasteiger partial charge in [-0.15, -0.1) is 0 Å². The van der Waals surface area contributed by atoms with E-state index >= 15 is 0 Å². The first-order chi connectivity index (χ1) is 11.5. The van der Waals surface area contributed by atoms with Gasteiger partial charge in [0.2, 0.25) is 0 Å². The fourth-order valence-corrected chi connectivity index (χ4v) is 2.36. The number of aromatic nitrogens is 2. The predicted molar refractivity (Wildman–Crippen MR) is 91.1 cm³/mol. The first-order valence-electron chi connectivity index (χ1n) is 7.10.